The average molecular weight is 399 g/mol. The van der Waals surface area contributed by atoms with Crippen LogP contribution in [0.1, 0.15) is 23.2 Å². The normalized spacial score (nSPS) is 13.9. The Hall–Kier alpha value is -1.96. The lowest BCUT2D eigenvalue weighted by molar-refractivity contribution is -0.117. The van der Waals surface area contributed by atoms with Gasteiger partial charge >= 0.3 is 5.97 Å². The minimum atomic E-state index is -0.531. The second-order valence-corrected chi connectivity index (χ2v) is 6.76. The number of anilines is 1. The Morgan fingerprint density at radius 3 is 2.50 bits per heavy atom. The van der Waals surface area contributed by atoms with Gasteiger partial charge in [0.1, 0.15) is 16.4 Å². The molecule has 0 bridgehead atoms. The fourth-order valence-electron chi connectivity index (χ4n) is 2.91. The van der Waals surface area contributed by atoms with E-state index in [-0.39, 0.29) is 24.1 Å². The first-order chi connectivity index (χ1) is 12.1. The minimum absolute atomic E-state index is 0. The van der Waals surface area contributed by atoms with Crippen LogP contribution in [0.15, 0.2) is 29.6 Å². The highest BCUT2D eigenvalue weighted by Gasteiger charge is 2.23. The molecule has 0 spiro atoms. The topological polar surface area (TPSA) is 58.6 Å². The summed E-state index contributed by atoms with van der Waals surface area (Å²) in [5.41, 5.74) is 1.61. The Morgan fingerprint density at radius 1 is 1.23 bits per heavy atom. The molecule has 1 saturated heterocycles. The number of methoxy groups -OCH3 is 1. The summed E-state index contributed by atoms with van der Waals surface area (Å²) in [6.45, 7) is 2.15. The zero-order valence-corrected chi connectivity index (χ0v) is 15.9. The molecule has 1 aliphatic heterocycles. The molecule has 0 saturated carbocycles. The lowest BCUT2D eigenvalue weighted by Crippen LogP contribution is -2.31. The van der Waals surface area contributed by atoms with Crippen molar-refractivity contribution in [3.63, 3.8) is 0 Å². The number of esters is 1. The van der Waals surface area contributed by atoms with Gasteiger partial charge in [0.15, 0.2) is 0 Å². The van der Waals surface area contributed by atoms with Gasteiger partial charge in [0.2, 0.25) is 5.91 Å². The van der Waals surface area contributed by atoms with Crippen LogP contribution in [0.5, 0.6) is 0 Å². The predicted molar refractivity (Wildman–Crippen MR) is 103 cm³/mol. The molecular formula is C18H20ClFN2O3S. The van der Waals surface area contributed by atoms with Crippen molar-refractivity contribution < 1.29 is 18.7 Å². The summed E-state index contributed by atoms with van der Waals surface area (Å²) in [6.07, 6.45) is 2.21. The molecule has 3 rings (SSSR count). The smallest absolute Gasteiger partial charge is 0.341 e. The molecule has 1 fully saturated rings. The maximum absolute atomic E-state index is 13.1. The molecule has 0 aliphatic carbocycles. The highest BCUT2D eigenvalue weighted by molar-refractivity contribution is 7.15. The van der Waals surface area contributed by atoms with E-state index in [1.807, 2.05) is 0 Å². The van der Waals surface area contributed by atoms with E-state index in [0.29, 0.717) is 28.2 Å². The Kier molecular flexibility index (Phi) is 7.14. The van der Waals surface area contributed by atoms with E-state index in [1.54, 1.807) is 17.5 Å². The number of carbonyl (C=O) groups excluding carboxylic acids is 2. The van der Waals surface area contributed by atoms with Crippen molar-refractivity contribution in [3.05, 3.63) is 41.0 Å². The number of ether oxygens (including phenoxy) is 1. The number of hydrogen-bond acceptors (Lipinski definition) is 5. The maximum atomic E-state index is 13.1. The molecule has 1 aromatic heterocycles. The van der Waals surface area contributed by atoms with E-state index >= 15 is 0 Å². The molecule has 2 aromatic rings. The van der Waals surface area contributed by atoms with Crippen LogP contribution in [0.4, 0.5) is 9.39 Å². The van der Waals surface area contributed by atoms with Crippen LogP contribution >= 0.6 is 23.7 Å². The summed E-state index contributed by atoms with van der Waals surface area (Å²) in [5.74, 6) is -1.03. The Morgan fingerprint density at radius 2 is 1.88 bits per heavy atom. The van der Waals surface area contributed by atoms with Gasteiger partial charge in [0.05, 0.1) is 13.7 Å². The quantitative estimate of drug-likeness (QED) is 0.778. The molecule has 0 radical (unpaired) electrons. The van der Waals surface area contributed by atoms with E-state index in [2.05, 4.69) is 10.2 Å². The van der Waals surface area contributed by atoms with Gasteiger partial charge in [-0.05, 0) is 43.6 Å². The number of thiophene rings is 1. The number of rotatable bonds is 5. The molecule has 8 heteroatoms. The lowest BCUT2D eigenvalue weighted by atomic mass is 10.0. The standard InChI is InChI=1S/C18H19FN2O3S.ClH/c1-24-18(23)16-14(12-4-6-13(19)7-5-12)11-25-17(16)20-15(22)10-21-8-2-3-9-21;/h4-7,11H,2-3,8-10H2,1H3,(H,20,22);1H. The van der Waals surface area contributed by atoms with Crippen LogP contribution in [0.25, 0.3) is 11.1 Å². The van der Waals surface area contributed by atoms with Crippen LogP contribution in [0.3, 0.4) is 0 Å². The van der Waals surface area contributed by atoms with Crippen molar-refractivity contribution in [2.75, 3.05) is 32.1 Å². The fourth-order valence-corrected chi connectivity index (χ4v) is 3.88. The maximum Gasteiger partial charge on any atom is 0.341 e. The van der Waals surface area contributed by atoms with E-state index in [9.17, 15) is 14.0 Å². The summed E-state index contributed by atoms with van der Waals surface area (Å²) >= 11 is 1.26. The minimum Gasteiger partial charge on any atom is -0.465 e. The summed E-state index contributed by atoms with van der Waals surface area (Å²) < 4.78 is 18.0. The van der Waals surface area contributed by atoms with Crippen molar-refractivity contribution in [2.45, 2.75) is 12.8 Å². The Bertz CT molecular complexity index is 773. The molecule has 2 heterocycles. The molecule has 26 heavy (non-hydrogen) atoms. The number of halogens is 2. The van der Waals surface area contributed by atoms with Gasteiger partial charge in [0.25, 0.3) is 0 Å². The number of nitrogens with one attached hydrogen (secondary N) is 1. The number of nitrogens with zero attached hydrogens (tertiary/aromatic N) is 1. The van der Waals surface area contributed by atoms with Crippen LogP contribution in [0, 0.1) is 5.82 Å². The van der Waals surface area contributed by atoms with Crippen LogP contribution in [-0.4, -0.2) is 43.5 Å². The summed E-state index contributed by atoms with van der Waals surface area (Å²) in [4.78, 5) is 26.6. The second-order valence-electron chi connectivity index (χ2n) is 5.88. The van der Waals surface area contributed by atoms with E-state index in [1.165, 1.54) is 30.6 Å². The largest absolute Gasteiger partial charge is 0.465 e. The first kappa shape index (κ1) is 20.4. The van der Waals surface area contributed by atoms with Crippen LogP contribution in [0.2, 0.25) is 0 Å². The number of hydrogen-bond donors (Lipinski definition) is 1. The third-order valence-corrected chi connectivity index (χ3v) is 5.05. The first-order valence-electron chi connectivity index (χ1n) is 8.06. The first-order valence-corrected chi connectivity index (χ1v) is 8.94. The summed E-state index contributed by atoms with van der Waals surface area (Å²) in [7, 11) is 1.30. The van der Waals surface area contributed by atoms with Gasteiger partial charge in [-0.3, -0.25) is 9.69 Å². The van der Waals surface area contributed by atoms with Crippen molar-refractivity contribution in [1.29, 1.82) is 0 Å². The second kappa shape index (κ2) is 9.12. The van der Waals surface area contributed by atoms with Crippen LogP contribution < -0.4 is 5.32 Å². The Balaban J connectivity index is 0.00000243. The number of likely N-dealkylation sites (tertiary alicyclic amines) is 1. The average Bonchev–Trinajstić information content (AvgIpc) is 3.25. The van der Waals surface area contributed by atoms with Crippen molar-refractivity contribution >= 4 is 40.6 Å². The van der Waals surface area contributed by atoms with Gasteiger partial charge in [-0.15, -0.1) is 23.7 Å². The SMILES string of the molecule is COC(=O)c1c(-c2ccc(F)cc2)csc1NC(=O)CN1CCCC1.Cl. The van der Waals surface area contributed by atoms with E-state index in [4.69, 9.17) is 4.74 Å². The molecule has 1 aromatic carbocycles. The zero-order chi connectivity index (χ0) is 17.8. The van der Waals surface area contributed by atoms with E-state index < -0.39 is 5.97 Å². The molecule has 5 nitrogen and oxygen atoms in total. The summed E-state index contributed by atoms with van der Waals surface area (Å²) in [5, 5.41) is 5.04. The number of amides is 1. The summed E-state index contributed by atoms with van der Waals surface area (Å²) in [6, 6.07) is 5.86. The predicted octanol–water partition coefficient (Wildman–Crippen LogP) is 3.80. The molecule has 140 valence electrons. The van der Waals surface area contributed by atoms with Crippen LogP contribution in [-0.2, 0) is 9.53 Å². The van der Waals surface area contributed by atoms with Gasteiger partial charge in [-0.25, -0.2) is 9.18 Å². The molecule has 1 N–H and O–H groups in total. The molecule has 1 amide bonds. The third-order valence-electron chi connectivity index (χ3n) is 4.15. The highest BCUT2D eigenvalue weighted by Crippen LogP contribution is 2.36. The number of benzene rings is 1. The van der Waals surface area contributed by atoms with Gasteiger partial charge in [-0.2, -0.15) is 0 Å². The van der Waals surface area contributed by atoms with Crippen molar-refractivity contribution in [2.24, 2.45) is 0 Å². The van der Waals surface area contributed by atoms with Gasteiger partial charge in [-0.1, -0.05) is 12.1 Å². The van der Waals surface area contributed by atoms with Crippen molar-refractivity contribution in [1.82, 2.24) is 4.90 Å². The van der Waals surface area contributed by atoms with Gasteiger partial charge < -0.3 is 10.1 Å². The third kappa shape index (κ3) is 4.60. The zero-order valence-electron chi connectivity index (χ0n) is 14.3. The molecule has 1 aliphatic rings. The Labute approximate surface area is 161 Å². The molecular weight excluding hydrogens is 379 g/mol. The van der Waals surface area contributed by atoms with Crippen molar-refractivity contribution in [3.8, 4) is 11.1 Å². The molecule has 0 unspecified atom stereocenters. The van der Waals surface area contributed by atoms with Gasteiger partial charge in [0, 0.05) is 10.9 Å². The lowest BCUT2D eigenvalue weighted by Gasteiger charge is -2.14. The number of carbonyl (C=O) groups is 2. The van der Waals surface area contributed by atoms with E-state index in [0.717, 1.165) is 25.9 Å². The molecule has 0 atom stereocenters. The highest BCUT2D eigenvalue weighted by atomic mass is 35.5. The fraction of sp³-hybridized carbons (Fsp3) is 0.333. The monoisotopic (exact) mass is 398 g/mol.